The third-order valence-electron chi connectivity index (χ3n) is 2.64. The number of carbonyl (C=O) groups excluding carboxylic acids is 2. The first-order valence-corrected chi connectivity index (χ1v) is 5.54. The van der Waals surface area contributed by atoms with Crippen LogP contribution in [-0.2, 0) is 14.3 Å². The molecule has 8 heteroatoms. The number of carbonyl (C=O) groups is 2. The number of amides is 2. The Morgan fingerprint density at radius 1 is 1.11 bits per heavy atom. The van der Waals surface area contributed by atoms with Gasteiger partial charge in [-0.15, -0.1) is 0 Å². The summed E-state index contributed by atoms with van der Waals surface area (Å²) in [5, 5.41) is 33.9. The van der Waals surface area contributed by atoms with E-state index < -0.39 is 36.6 Å². The van der Waals surface area contributed by atoms with Crippen molar-refractivity contribution in [2.45, 2.75) is 44.5 Å². The molecular weight excluding hydrogens is 244 g/mol. The second-order valence-electron chi connectivity index (χ2n) is 4.21. The molecule has 1 aliphatic rings. The van der Waals surface area contributed by atoms with Gasteiger partial charge in [-0.1, -0.05) is 0 Å². The zero-order valence-electron chi connectivity index (χ0n) is 10.2. The summed E-state index contributed by atoms with van der Waals surface area (Å²) < 4.78 is 5.05. The molecule has 2 amide bonds. The van der Waals surface area contributed by atoms with Crippen LogP contribution in [0.15, 0.2) is 0 Å². The Hall–Kier alpha value is -1.22. The third kappa shape index (κ3) is 3.64. The molecule has 18 heavy (non-hydrogen) atoms. The van der Waals surface area contributed by atoms with E-state index in [0.717, 1.165) is 0 Å². The van der Waals surface area contributed by atoms with E-state index in [9.17, 15) is 24.9 Å². The van der Waals surface area contributed by atoms with Gasteiger partial charge in [0, 0.05) is 20.4 Å². The second kappa shape index (κ2) is 6.10. The van der Waals surface area contributed by atoms with Gasteiger partial charge in [0.05, 0.1) is 0 Å². The summed E-state index contributed by atoms with van der Waals surface area (Å²) in [6.07, 6.45) is -5.09. The molecule has 0 aromatic heterocycles. The summed E-state index contributed by atoms with van der Waals surface area (Å²) in [6.45, 7) is 2.47. The Morgan fingerprint density at radius 2 is 1.72 bits per heavy atom. The van der Waals surface area contributed by atoms with E-state index in [4.69, 9.17) is 4.74 Å². The molecule has 0 spiro atoms. The van der Waals surface area contributed by atoms with E-state index in [1.807, 2.05) is 0 Å². The summed E-state index contributed by atoms with van der Waals surface area (Å²) >= 11 is 0. The molecular formula is C10H18N2O6. The molecule has 8 nitrogen and oxygen atoms in total. The lowest BCUT2D eigenvalue weighted by atomic mass is 9.96. The van der Waals surface area contributed by atoms with E-state index in [2.05, 4.69) is 10.6 Å². The predicted octanol–water partition coefficient (Wildman–Crippen LogP) is -2.93. The normalized spacial score (nSPS) is 35.9. The summed E-state index contributed by atoms with van der Waals surface area (Å²) in [6, 6.07) is -1.11. The molecule has 104 valence electrons. The lowest BCUT2D eigenvalue weighted by Gasteiger charge is -2.40. The van der Waals surface area contributed by atoms with E-state index >= 15 is 0 Å². The fourth-order valence-electron chi connectivity index (χ4n) is 1.75. The van der Waals surface area contributed by atoms with Crippen LogP contribution in [0.1, 0.15) is 13.8 Å². The largest absolute Gasteiger partial charge is 0.388 e. The van der Waals surface area contributed by atoms with Gasteiger partial charge in [-0.3, -0.25) is 9.59 Å². The number of ether oxygens (including phenoxy) is 1. The molecule has 1 saturated heterocycles. The SMILES string of the molecule is CC(=O)NCC1O[C@@H](O)C(NC(C)=O)[C@@H](O)[C@@H]1O. The molecule has 0 saturated carbocycles. The van der Waals surface area contributed by atoms with Gasteiger partial charge in [-0.2, -0.15) is 0 Å². The van der Waals surface area contributed by atoms with Gasteiger partial charge in [0.25, 0.3) is 0 Å². The van der Waals surface area contributed by atoms with Crippen molar-refractivity contribution in [2.75, 3.05) is 6.54 Å². The molecule has 1 heterocycles. The standard InChI is InChI=1S/C10H18N2O6/c1-4(13)11-3-6-8(15)9(16)7(10(17)18-6)12-5(2)14/h6-10,15-17H,3H2,1-2H3,(H,11,13)(H,12,14)/t6?,7?,8-,9-,10-/m1/s1. The Labute approximate surface area is 104 Å². The summed E-state index contributed by atoms with van der Waals surface area (Å²) in [5.41, 5.74) is 0. The maximum Gasteiger partial charge on any atom is 0.217 e. The number of hydrogen-bond acceptors (Lipinski definition) is 6. The number of nitrogens with one attached hydrogen (secondary N) is 2. The highest BCUT2D eigenvalue weighted by atomic mass is 16.6. The van der Waals surface area contributed by atoms with Crippen LogP contribution in [0, 0.1) is 0 Å². The van der Waals surface area contributed by atoms with E-state index in [1.54, 1.807) is 0 Å². The van der Waals surface area contributed by atoms with Crippen LogP contribution in [0.4, 0.5) is 0 Å². The number of aliphatic hydroxyl groups is 3. The molecule has 0 bridgehead atoms. The zero-order valence-corrected chi connectivity index (χ0v) is 10.2. The maximum absolute atomic E-state index is 10.9. The van der Waals surface area contributed by atoms with Gasteiger partial charge in [0.15, 0.2) is 6.29 Å². The van der Waals surface area contributed by atoms with Crippen molar-refractivity contribution in [1.29, 1.82) is 0 Å². The molecule has 0 aliphatic carbocycles. The van der Waals surface area contributed by atoms with E-state index in [1.165, 1.54) is 13.8 Å². The fraction of sp³-hybridized carbons (Fsp3) is 0.800. The van der Waals surface area contributed by atoms with Gasteiger partial charge in [-0.25, -0.2) is 0 Å². The van der Waals surface area contributed by atoms with Crippen LogP contribution in [0.5, 0.6) is 0 Å². The summed E-state index contributed by atoms with van der Waals surface area (Å²) in [7, 11) is 0. The van der Waals surface area contributed by atoms with Crippen molar-refractivity contribution in [3.8, 4) is 0 Å². The van der Waals surface area contributed by atoms with Crippen molar-refractivity contribution in [3.63, 3.8) is 0 Å². The molecule has 0 radical (unpaired) electrons. The quantitative estimate of drug-likeness (QED) is 0.370. The molecule has 1 rings (SSSR count). The first-order chi connectivity index (χ1) is 8.32. The van der Waals surface area contributed by atoms with Crippen LogP contribution in [0.3, 0.4) is 0 Å². The van der Waals surface area contributed by atoms with Gasteiger partial charge in [0.2, 0.25) is 11.8 Å². The highest BCUT2D eigenvalue weighted by Gasteiger charge is 2.44. The molecule has 0 aromatic carbocycles. The molecule has 1 aliphatic heterocycles. The lowest BCUT2D eigenvalue weighted by Crippen LogP contribution is -2.64. The number of hydrogen-bond donors (Lipinski definition) is 5. The third-order valence-corrected chi connectivity index (χ3v) is 2.64. The van der Waals surface area contributed by atoms with E-state index in [0.29, 0.717) is 0 Å². The molecule has 1 fully saturated rings. The van der Waals surface area contributed by atoms with Crippen LogP contribution in [0.25, 0.3) is 0 Å². The Morgan fingerprint density at radius 3 is 2.22 bits per heavy atom. The highest BCUT2D eigenvalue weighted by molar-refractivity contribution is 5.73. The first-order valence-electron chi connectivity index (χ1n) is 5.54. The van der Waals surface area contributed by atoms with Crippen molar-refractivity contribution in [2.24, 2.45) is 0 Å². The smallest absolute Gasteiger partial charge is 0.217 e. The minimum absolute atomic E-state index is 0.0442. The molecule has 0 aromatic rings. The van der Waals surface area contributed by atoms with Gasteiger partial charge >= 0.3 is 0 Å². The minimum Gasteiger partial charge on any atom is -0.388 e. The number of rotatable bonds is 3. The Bertz CT molecular complexity index is 321. The average molecular weight is 262 g/mol. The Balaban J connectivity index is 2.64. The van der Waals surface area contributed by atoms with Crippen LogP contribution in [-0.4, -0.2) is 64.3 Å². The van der Waals surface area contributed by atoms with Crippen LogP contribution in [0.2, 0.25) is 0 Å². The van der Waals surface area contributed by atoms with Crippen LogP contribution < -0.4 is 10.6 Å². The second-order valence-corrected chi connectivity index (χ2v) is 4.21. The molecule has 5 N–H and O–H groups in total. The van der Waals surface area contributed by atoms with Crippen molar-refractivity contribution in [1.82, 2.24) is 10.6 Å². The first kappa shape index (κ1) is 14.8. The lowest BCUT2D eigenvalue weighted by molar-refractivity contribution is -0.245. The Kier molecular flexibility index (Phi) is 5.03. The van der Waals surface area contributed by atoms with E-state index in [-0.39, 0.29) is 12.5 Å². The van der Waals surface area contributed by atoms with Gasteiger partial charge < -0.3 is 30.7 Å². The van der Waals surface area contributed by atoms with Crippen molar-refractivity contribution >= 4 is 11.8 Å². The summed E-state index contributed by atoms with van der Waals surface area (Å²) in [5.74, 6) is -0.784. The predicted molar refractivity (Wildman–Crippen MR) is 59.2 cm³/mol. The average Bonchev–Trinajstić information content (AvgIpc) is 2.27. The monoisotopic (exact) mass is 262 g/mol. The molecule has 2 unspecified atom stereocenters. The topological polar surface area (TPSA) is 128 Å². The van der Waals surface area contributed by atoms with Crippen molar-refractivity contribution < 1.29 is 29.6 Å². The van der Waals surface area contributed by atoms with Crippen molar-refractivity contribution in [3.05, 3.63) is 0 Å². The van der Waals surface area contributed by atoms with Crippen LogP contribution >= 0.6 is 0 Å². The zero-order chi connectivity index (χ0) is 13.9. The minimum atomic E-state index is -1.45. The maximum atomic E-state index is 10.9. The van der Waals surface area contributed by atoms with Gasteiger partial charge in [0.1, 0.15) is 24.4 Å². The number of aliphatic hydroxyl groups excluding tert-OH is 3. The fourth-order valence-corrected chi connectivity index (χ4v) is 1.75. The van der Waals surface area contributed by atoms with Gasteiger partial charge in [-0.05, 0) is 0 Å². The molecule has 5 atom stereocenters. The highest BCUT2D eigenvalue weighted by Crippen LogP contribution is 2.19. The summed E-state index contributed by atoms with van der Waals surface area (Å²) in [4.78, 5) is 21.6.